The van der Waals surface area contributed by atoms with Crippen molar-refractivity contribution in [1.29, 1.82) is 0 Å². The maximum absolute atomic E-state index is 5.18. The largest absolute Gasteiger partial charge is 0.497 e. The van der Waals surface area contributed by atoms with Crippen molar-refractivity contribution < 1.29 is 4.74 Å². The molecule has 0 spiro atoms. The smallest absolute Gasteiger partial charge is 0.123 e. The van der Waals surface area contributed by atoms with Gasteiger partial charge in [-0.05, 0) is 50.2 Å². The molecule has 100 valence electrons. The SMILES string of the molecule is COc1ccc(-c2nc(C3CCNCC3)cs2)cc1. The predicted molar refractivity (Wildman–Crippen MR) is 78.9 cm³/mol. The van der Waals surface area contributed by atoms with E-state index in [1.54, 1.807) is 18.4 Å². The summed E-state index contributed by atoms with van der Waals surface area (Å²) in [5, 5.41) is 6.72. The molecular formula is C15H18N2OS. The molecule has 19 heavy (non-hydrogen) atoms. The van der Waals surface area contributed by atoms with E-state index < -0.39 is 0 Å². The lowest BCUT2D eigenvalue weighted by atomic mass is 9.95. The van der Waals surface area contributed by atoms with Crippen LogP contribution in [0.4, 0.5) is 0 Å². The molecule has 1 saturated heterocycles. The average molecular weight is 274 g/mol. The molecule has 0 aliphatic carbocycles. The van der Waals surface area contributed by atoms with E-state index in [4.69, 9.17) is 9.72 Å². The Labute approximate surface area is 117 Å². The highest BCUT2D eigenvalue weighted by atomic mass is 32.1. The number of hydrogen-bond acceptors (Lipinski definition) is 4. The molecule has 2 heterocycles. The number of nitrogens with zero attached hydrogens (tertiary/aromatic N) is 1. The minimum Gasteiger partial charge on any atom is -0.497 e. The van der Waals surface area contributed by atoms with E-state index in [1.807, 2.05) is 12.1 Å². The zero-order valence-corrected chi connectivity index (χ0v) is 11.9. The summed E-state index contributed by atoms with van der Waals surface area (Å²) in [5.41, 5.74) is 2.43. The lowest BCUT2D eigenvalue weighted by Gasteiger charge is -2.20. The second-order valence-corrected chi connectivity index (χ2v) is 5.69. The summed E-state index contributed by atoms with van der Waals surface area (Å²) in [7, 11) is 1.69. The molecule has 2 aromatic rings. The Morgan fingerprint density at radius 1 is 1.21 bits per heavy atom. The summed E-state index contributed by atoms with van der Waals surface area (Å²) in [5.74, 6) is 1.52. The fraction of sp³-hybridized carbons (Fsp3) is 0.400. The molecule has 3 nitrogen and oxygen atoms in total. The predicted octanol–water partition coefficient (Wildman–Crippen LogP) is 3.29. The summed E-state index contributed by atoms with van der Waals surface area (Å²) < 4.78 is 5.18. The second kappa shape index (κ2) is 5.72. The van der Waals surface area contributed by atoms with Crippen molar-refractivity contribution in [3.63, 3.8) is 0 Å². The average Bonchev–Trinajstić information content (AvgIpc) is 2.98. The fourth-order valence-corrected chi connectivity index (χ4v) is 3.37. The molecule has 0 amide bonds. The highest BCUT2D eigenvalue weighted by Crippen LogP contribution is 2.31. The summed E-state index contributed by atoms with van der Waals surface area (Å²) in [6.07, 6.45) is 2.40. The minimum atomic E-state index is 0.629. The van der Waals surface area contributed by atoms with Gasteiger partial charge in [-0.25, -0.2) is 4.98 Å². The quantitative estimate of drug-likeness (QED) is 0.932. The van der Waals surface area contributed by atoms with Gasteiger partial charge in [-0.1, -0.05) is 0 Å². The number of benzene rings is 1. The Bertz CT molecular complexity index is 529. The molecule has 1 aromatic heterocycles. The Kier molecular flexibility index (Phi) is 3.80. The van der Waals surface area contributed by atoms with Gasteiger partial charge in [0.15, 0.2) is 0 Å². The van der Waals surface area contributed by atoms with E-state index in [-0.39, 0.29) is 0 Å². The van der Waals surface area contributed by atoms with Gasteiger partial charge in [0.2, 0.25) is 0 Å². The number of rotatable bonds is 3. The zero-order chi connectivity index (χ0) is 13.1. The number of aromatic nitrogens is 1. The first kappa shape index (κ1) is 12.6. The van der Waals surface area contributed by atoms with Gasteiger partial charge in [-0.3, -0.25) is 0 Å². The van der Waals surface area contributed by atoms with Crippen molar-refractivity contribution in [2.24, 2.45) is 0 Å². The van der Waals surface area contributed by atoms with E-state index in [0.29, 0.717) is 5.92 Å². The van der Waals surface area contributed by atoms with Crippen LogP contribution in [0.15, 0.2) is 29.6 Å². The third-order valence-corrected chi connectivity index (χ3v) is 4.53. The van der Waals surface area contributed by atoms with Crippen LogP contribution in [-0.2, 0) is 0 Å². The van der Waals surface area contributed by atoms with Crippen molar-refractivity contribution in [1.82, 2.24) is 10.3 Å². The van der Waals surface area contributed by atoms with Gasteiger partial charge in [0.25, 0.3) is 0 Å². The van der Waals surface area contributed by atoms with Crippen LogP contribution in [0.1, 0.15) is 24.5 Å². The number of nitrogens with one attached hydrogen (secondary N) is 1. The van der Waals surface area contributed by atoms with Crippen LogP contribution in [0.5, 0.6) is 5.75 Å². The highest BCUT2D eigenvalue weighted by Gasteiger charge is 2.18. The van der Waals surface area contributed by atoms with Crippen LogP contribution in [-0.4, -0.2) is 25.2 Å². The standard InChI is InChI=1S/C15H18N2OS/c1-18-13-4-2-12(3-5-13)15-17-14(10-19-15)11-6-8-16-9-7-11/h2-5,10-11,16H,6-9H2,1H3. The molecule has 3 rings (SSSR count). The third-order valence-electron chi connectivity index (χ3n) is 3.62. The Morgan fingerprint density at radius 3 is 2.63 bits per heavy atom. The summed E-state index contributed by atoms with van der Waals surface area (Å²) in [4.78, 5) is 4.81. The molecule has 0 saturated carbocycles. The summed E-state index contributed by atoms with van der Waals surface area (Å²) >= 11 is 1.74. The lowest BCUT2D eigenvalue weighted by Crippen LogP contribution is -2.26. The first-order valence-electron chi connectivity index (χ1n) is 6.67. The fourth-order valence-electron chi connectivity index (χ4n) is 2.46. The van der Waals surface area contributed by atoms with Crippen LogP contribution in [0.25, 0.3) is 10.6 Å². The van der Waals surface area contributed by atoms with Gasteiger partial charge < -0.3 is 10.1 Å². The molecule has 1 aromatic carbocycles. The number of piperidine rings is 1. The first-order valence-corrected chi connectivity index (χ1v) is 7.55. The topological polar surface area (TPSA) is 34.1 Å². The van der Waals surface area contributed by atoms with Crippen molar-refractivity contribution in [2.45, 2.75) is 18.8 Å². The van der Waals surface area contributed by atoms with E-state index in [2.05, 4.69) is 22.8 Å². The van der Waals surface area contributed by atoms with Gasteiger partial charge >= 0.3 is 0 Å². The molecule has 1 fully saturated rings. The van der Waals surface area contributed by atoms with E-state index in [1.165, 1.54) is 24.1 Å². The van der Waals surface area contributed by atoms with Gasteiger partial charge in [-0.2, -0.15) is 0 Å². The van der Waals surface area contributed by atoms with E-state index >= 15 is 0 Å². The lowest BCUT2D eigenvalue weighted by molar-refractivity contribution is 0.415. The van der Waals surface area contributed by atoms with Crippen molar-refractivity contribution in [3.05, 3.63) is 35.3 Å². The monoisotopic (exact) mass is 274 g/mol. The zero-order valence-electron chi connectivity index (χ0n) is 11.1. The molecule has 1 N–H and O–H groups in total. The van der Waals surface area contributed by atoms with Crippen LogP contribution in [0, 0.1) is 0 Å². The molecule has 0 unspecified atom stereocenters. The van der Waals surface area contributed by atoms with Crippen LogP contribution in [0.3, 0.4) is 0 Å². The van der Waals surface area contributed by atoms with Gasteiger partial charge in [0.05, 0.1) is 12.8 Å². The molecule has 0 bridgehead atoms. The van der Waals surface area contributed by atoms with E-state index in [9.17, 15) is 0 Å². The number of hydrogen-bond donors (Lipinski definition) is 1. The molecule has 4 heteroatoms. The van der Waals surface area contributed by atoms with Gasteiger partial charge in [-0.15, -0.1) is 11.3 Å². The number of methoxy groups -OCH3 is 1. The molecule has 0 radical (unpaired) electrons. The molecule has 0 atom stereocenters. The number of ether oxygens (including phenoxy) is 1. The molecular weight excluding hydrogens is 256 g/mol. The Morgan fingerprint density at radius 2 is 1.95 bits per heavy atom. The normalized spacial score (nSPS) is 16.5. The maximum Gasteiger partial charge on any atom is 0.123 e. The van der Waals surface area contributed by atoms with Crippen molar-refractivity contribution in [3.8, 4) is 16.3 Å². The van der Waals surface area contributed by atoms with Crippen molar-refractivity contribution >= 4 is 11.3 Å². The number of thiazole rings is 1. The summed E-state index contributed by atoms with van der Waals surface area (Å²) in [6, 6.07) is 8.12. The summed E-state index contributed by atoms with van der Waals surface area (Å²) in [6.45, 7) is 2.22. The van der Waals surface area contributed by atoms with Crippen LogP contribution < -0.4 is 10.1 Å². The molecule has 1 aliphatic rings. The van der Waals surface area contributed by atoms with E-state index in [0.717, 1.165) is 23.8 Å². The Balaban J connectivity index is 1.79. The third kappa shape index (κ3) is 2.80. The van der Waals surface area contributed by atoms with Gasteiger partial charge in [0.1, 0.15) is 10.8 Å². The first-order chi connectivity index (χ1) is 9.36. The van der Waals surface area contributed by atoms with Crippen LogP contribution in [0.2, 0.25) is 0 Å². The minimum absolute atomic E-state index is 0.629. The van der Waals surface area contributed by atoms with Crippen molar-refractivity contribution in [2.75, 3.05) is 20.2 Å². The van der Waals surface area contributed by atoms with Crippen LogP contribution >= 0.6 is 11.3 Å². The second-order valence-electron chi connectivity index (χ2n) is 4.83. The Hall–Kier alpha value is -1.39. The van der Waals surface area contributed by atoms with Gasteiger partial charge in [0, 0.05) is 16.9 Å². The highest BCUT2D eigenvalue weighted by molar-refractivity contribution is 7.13. The maximum atomic E-state index is 5.18. The molecule has 1 aliphatic heterocycles.